The van der Waals surface area contributed by atoms with Crippen molar-refractivity contribution in [2.45, 2.75) is 129 Å². The van der Waals surface area contributed by atoms with Crippen LogP contribution in [-0.2, 0) is 21.7 Å². The van der Waals surface area contributed by atoms with Crippen molar-refractivity contribution in [2.75, 3.05) is 14.7 Å². The van der Waals surface area contributed by atoms with Crippen LogP contribution in [0.1, 0.15) is 124 Å². The van der Waals surface area contributed by atoms with Crippen LogP contribution in [0, 0.1) is 0 Å². The third-order valence-electron chi connectivity index (χ3n) is 23.4. The molecule has 1 fully saturated rings. The summed E-state index contributed by atoms with van der Waals surface area (Å²) in [5.74, 6) is 0. The summed E-state index contributed by atoms with van der Waals surface area (Å²) in [5, 5.41) is 10.8. The molecule has 0 amide bonds. The van der Waals surface area contributed by atoms with E-state index in [1.165, 1.54) is 121 Å². The van der Waals surface area contributed by atoms with Crippen molar-refractivity contribution in [3.05, 3.63) is 320 Å². The molecule has 0 bridgehead atoms. The minimum atomic E-state index is -2.91. The molecule has 12 aromatic carbocycles. The van der Waals surface area contributed by atoms with Gasteiger partial charge >= 0.3 is 0 Å². The molecule has 3 heterocycles. The number of hydrogen-bond donors (Lipinski definition) is 0. The minimum Gasteiger partial charge on any atom is -0.335 e. The number of anilines is 8. The van der Waals surface area contributed by atoms with E-state index in [9.17, 15) is 0 Å². The first-order chi connectivity index (χ1) is 47.2. The fourth-order valence-corrected chi connectivity index (χ4v) is 27.5. The zero-order valence-corrected chi connectivity index (χ0v) is 61.0. The average Bonchev–Trinajstić information content (AvgIpc) is 1.29. The number of nitrogens with zero attached hydrogens (tertiary/aromatic N) is 3. The van der Waals surface area contributed by atoms with E-state index in [2.05, 4.69) is 388 Å². The number of rotatable bonds is 12. The van der Waals surface area contributed by atoms with Gasteiger partial charge < -0.3 is 14.7 Å². The van der Waals surface area contributed by atoms with Crippen molar-refractivity contribution < 1.29 is 0 Å². The van der Waals surface area contributed by atoms with Gasteiger partial charge in [0.05, 0.1) is 11.2 Å². The van der Waals surface area contributed by atoms with E-state index < -0.39 is 16.1 Å². The summed E-state index contributed by atoms with van der Waals surface area (Å²) in [6.07, 6.45) is 4.66. The highest BCUT2D eigenvalue weighted by Gasteiger charge is 2.62. The van der Waals surface area contributed by atoms with Gasteiger partial charge in [-0.05, 0) is 171 Å². The molecule has 1 aliphatic carbocycles. The van der Waals surface area contributed by atoms with Gasteiger partial charge in [-0.3, -0.25) is 0 Å². The van der Waals surface area contributed by atoms with Crippen molar-refractivity contribution >= 4 is 126 Å². The lowest BCUT2D eigenvalue weighted by molar-refractivity contribution is 0.195. The van der Waals surface area contributed by atoms with Gasteiger partial charge in [0, 0.05) is 45.2 Å². The Morgan fingerprint density at radius 2 is 0.724 bits per heavy atom. The number of hydrogen-bond acceptors (Lipinski definition) is 3. The zero-order chi connectivity index (χ0) is 67.6. The molecular weight excluding hydrogens is 1210 g/mol. The van der Waals surface area contributed by atoms with Gasteiger partial charge in [0.25, 0.3) is 6.71 Å². The van der Waals surface area contributed by atoms with Crippen LogP contribution in [0.15, 0.2) is 297 Å². The molecule has 0 saturated heterocycles. The van der Waals surface area contributed by atoms with Crippen LogP contribution in [-0.4, -0.2) is 28.4 Å². The Morgan fingerprint density at radius 1 is 0.347 bits per heavy atom. The van der Waals surface area contributed by atoms with Gasteiger partial charge in [-0.15, -0.1) is 0 Å². The summed E-state index contributed by atoms with van der Waals surface area (Å²) in [5.41, 5.74) is 19.1. The maximum Gasteiger partial charge on any atom is 0.252 e. The van der Waals surface area contributed by atoms with Gasteiger partial charge in [-0.25, -0.2) is 0 Å². The predicted octanol–water partition coefficient (Wildman–Crippen LogP) is 16.2. The van der Waals surface area contributed by atoms with Crippen LogP contribution in [0.3, 0.4) is 0 Å². The first-order valence-electron chi connectivity index (χ1n) is 35.8. The highest BCUT2D eigenvalue weighted by atomic mass is 28.3. The Kier molecular flexibility index (Phi) is 15.3. The van der Waals surface area contributed by atoms with E-state index in [4.69, 9.17) is 0 Å². The molecule has 98 heavy (non-hydrogen) atoms. The van der Waals surface area contributed by atoms with E-state index in [-0.39, 0.29) is 33.9 Å². The highest BCUT2D eigenvalue weighted by Crippen LogP contribution is 2.63. The Morgan fingerprint density at radius 3 is 1.14 bits per heavy atom. The van der Waals surface area contributed by atoms with Crippen molar-refractivity contribution in [3.63, 3.8) is 0 Å². The Hall–Kier alpha value is -9.46. The van der Waals surface area contributed by atoms with Crippen LogP contribution < -0.4 is 72.6 Å². The monoisotopic (exact) mass is 1300 g/mol. The first-order valence-corrected chi connectivity index (χ1v) is 39.8. The quantitative estimate of drug-likeness (QED) is 0.0892. The van der Waals surface area contributed by atoms with Crippen molar-refractivity contribution in [1.29, 1.82) is 0 Å². The molecule has 484 valence electrons. The van der Waals surface area contributed by atoms with E-state index in [0.29, 0.717) is 0 Å². The number of fused-ring (bicyclic) bond motifs is 7. The fourth-order valence-electron chi connectivity index (χ4n) is 18.0. The summed E-state index contributed by atoms with van der Waals surface area (Å²) in [4.78, 5) is 8.21. The van der Waals surface area contributed by atoms with Crippen LogP contribution in [0.4, 0.5) is 45.5 Å². The highest BCUT2D eigenvalue weighted by molar-refractivity contribution is 7.20. The van der Waals surface area contributed by atoms with Gasteiger partial charge in [-0.1, -0.05) is 325 Å². The second-order valence-electron chi connectivity index (χ2n) is 32.0. The molecule has 2 unspecified atom stereocenters. The van der Waals surface area contributed by atoms with Crippen molar-refractivity contribution in [3.8, 4) is 0 Å². The topological polar surface area (TPSA) is 9.72 Å². The lowest BCUT2D eigenvalue weighted by Gasteiger charge is -2.53. The van der Waals surface area contributed by atoms with Crippen LogP contribution in [0.2, 0.25) is 0 Å². The van der Waals surface area contributed by atoms with Crippen molar-refractivity contribution in [2.24, 2.45) is 0 Å². The summed E-state index contributed by atoms with van der Waals surface area (Å²) in [7, 11) is -5.81. The summed E-state index contributed by atoms with van der Waals surface area (Å²) >= 11 is 0. The molecular formula is C92H90BN3Si2. The largest absolute Gasteiger partial charge is 0.335 e. The van der Waals surface area contributed by atoms with E-state index in [1.54, 1.807) is 0 Å². The molecule has 0 spiro atoms. The van der Waals surface area contributed by atoms with Crippen molar-refractivity contribution in [1.82, 2.24) is 0 Å². The van der Waals surface area contributed by atoms with E-state index in [1.807, 2.05) is 0 Å². The Labute approximate surface area is 585 Å². The van der Waals surface area contributed by atoms with E-state index >= 15 is 0 Å². The van der Waals surface area contributed by atoms with Gasteiger partial charge in [0.2, 0.25) is 0 Å². The third-order valence-corrected chi connectivity index (χ3v) is 32.9. The third kappa shape index (κ3) is 9.85. The summed E-state index contributed by atoms with van der Waals surface area (Å²) in [6.45, 7) is 26.7. The van der Waals surface area contributed by atoms with E-state index in [0.717, 1.165) is 29.9 Å². The normalized spacial score (nSPS) is 17.2. The maximum absolute atomic E-state index is 2.94. The molecule has 0 N–H and O–H groups in total. The number of benzene rings is 12. The lowest BCUT2D eigenvalue weighted by atomic mass is 9.33. The molecule has 6 heteroatoms. The van der Waals surface area contributed by atoms with Gasteiger partial charge in [-0.2, -0.15) is 0 Å². The minimum absolute atomic E-state index is 0.0172. The lowest BCUT2D eigenvalue weighted by Crippen LogP contribution is -2.74. The molecule has 0 aromatic heterocycles. The Balaban J connectivity index is 1.00. The summed E-state index contributed by atoms with van der Waals surface area (Å²) in [6, 6.07) is 116. The zero-order valence-electron chi connectivity index (χ0n) is 59.0. The fraction of sp³-hybridized carbons (Fsp3) is 0.217. The van der Waals surface area contributed by atoms with Gasteiger partial charge in [0.15, 0.2) is 16.1 Å². The Bertz CT molecular complexity index is 4560. The molecule has 1 saturated carbocycles. The first kappa shape index (κ1) is 63.3. The van der Waals surface area contributed by atoms with Crippen LogP contribution in [0.25, 0.3) is 0 Å². The second kappa shape index (κ2) is 23.6. The second-order valence-corrected chi connectivity index (χ2v) is 39.6. The maximum atomic E-state index is 2.94. The molecule has 4 aliphatic rings. The molecule has 2 atom stereocenters. The SMILES string of the molecule is CC(C)(C)c1ccc(N2c3ccc(C(C)(C)C)cc3B3c4cc(C(C)(C)C)cc5c4N(c4cc(N(c6ccc([Si](c7ccccc7)(c7ccccc7)c7ccccc7)cc6)c6ccc([Si](c7ccccc7)(c7ccccc7)c7ccccc7)cc6)cc2c43)C2(C)CCCCC52C)cc1. The van der Waals surface area contributed by atoms with Crippen LogP contribution in [0.5, 0.6) is 0 Å². The van der Waals surface area contributed by atoms with Gasteiger partial charge in [0.1, 0.15) is 0 Å². The standard InChI is InChI=1S/C92H90BN3Si2/c1-88(2,3)65-44-47-70(48-45-65)95-83-57-46-66(89(4,5)6)61-81(83)93-82-62-67(90(7,8)9)60-80-87(82)96(92(11)59-31-30-58-91(80,92)10)85-64-71(63-84(95)86(85)93)94(68-49-53-78(54-50-68)97(72-32-18-12-19-33-72,73-34-20-13-21-35-73)74-36-22-14-23-37-74)69-51-55-79(56-52-69)98(75-38-24-15-25-39-75,76-40-26-16-27-41-76)77-42-28-17-29-43-77/h12-29,32-57,60-64H,30-31,58-59H2,1-11H3. The van der Waals surface area contributed by atoms with Crippen LogP contribution >= 0.6 is 0 Å². The molecule has 3 nitrogen and oxygen atoms in total. The predicted molar refractivity (Wildman–Crippen MR) is 427 cm³/mol. The smallest absolute Gasteiger partial charge is 0.252 e. The average molecular weight is 1300 g/mol. The molecule has 3 aliphatic heterocycles. The molecule has 12 aromatic rings. The molecule has 16 rings (SSSR count). The molecule has 0 radical (unpaired) electrons. The summed E-state index contributed by atoms with van der Waals surface area (Å²) < 4.78 is 0.